The molecule has 5 heteroatoms. The zero-order chi connectivity index (χ0) is 11.7. The molecule has 2 aromatic rings. The van der Waals surface area contributed by atoms with E-state index in [0.717, 1.165) is 11.3 Å². The lowest BCUT2D eigenvalue weighted by Crippen LogP contribution is -2.02. The molecule has 0 saturated heterocycles. The highest BCUT2D eigenvalue weighted by Crippen LogP contribution is 2.30. The molecule has 0 spiro atoms. The number of hydrogen-bond acceptors (Lipinski definition) is 3. The van der Waals surface area contributed by atoms with Crippen molar-refractivity contribution in [3.8, 4) is 11.4 Å². The van der Waals surface area contributed by atoms with Gasteiger partial charge in [-0.2, -0.15) is 0 Å². The predicted molar refractivity (Wildman–Crippen MR) is 64.3 cm³/mol. The van der Waals surface area contributed by atoms with Gasteiger partial charge in [-0.15, -0.1) is 0 Å². The minimum atomic E-state index is 0.417. The number of ether oxygens (including phenoxy) is 1. The average molecular weight is 238 g/mol. The van der Waals surface area contributed by atoms with Crippen LogP contribution in [0.2, 0.25) is 5.02 Å². The highest BCUT2D eigenvalue weighted by atomic mass is 35.5. The lowest BCUT2D eigenvalue weighted by molar-refractivity contribution is 0.413. The summed E-state index contributed by atoms with van der Waals surface area (Å²) in [5.74, 6) is 1.08. The Kier molecular flexibility index (Phi) is 2.75. The van der Waals surface area contributed by atoms with Crippen LogP contribution in [-0.2, 0) is 0 Å². The fourth-order valence-electron chi connectivity index (χ4n) is 1.52. The van der Waals surface area contributed by atoms with Crippen molar-refractivity contribution in [2.24, 2.45) is 0 Å². The van der Waals surface area contributed by atoms with Crippen molar-refractivity contribution in [2.45, 2.75) is 6.92 Å². The van der Waals surface area contributed by atoms with Crippen LogP contribution in [0.4, 0.5) is 5.95 Å². The van der Waals surface area contributed by atoms with E-state index in [-0.39, 0.29) is 0 Å². The van der Waals surface area contributed by atoms with Crippen molar-refractivity contribution in [3.63, 3.8) is 0 Å². The van der Waals surface area contributed by atoms with E-state index in [4.69, 9.17) is 22.1 Å². The average Bonchev–Trinajstić information content (AvgIpc) is 2.68. The second-order valence-electron chi connectivity index (χ2n) is 3.43. The zero-order valence-corrected chi connectivity index (χ0v) is 9.82. The monoisotopic (exact) mass is 237 g/mol. The Morgan fingerprint density at radius 3 is 2.75 bits per heavy atom. The summed E-state index contributed by atoms with van der Waals surface area (Å²) in [6, 6.07) is 3.69. The molecule has 16 heavy (non-hydrogen) atoms. The maximum Gasteiger partial charge on any atom is 0.204 e. The molecule has 0 aliphatic rings. The summed E-state index contributed by atoms with van der Waals surface area (Å²) in [5.41, 5.74) is 7.54. The zero-order valence-electron chi connectivity index (χ0n) is 9.07. The first-order chi connectivity index (χ1) is 7.63. The molecule has 0 aliphatic heterocycles. The Balaban J connectivity index is 2.64. The molecule has 2 rings (SSSR count). The number of nitrogens with zero attached hydrogens (tertiary/aromatic N) is 2. The summed E-state index contributed by atoms with van der Waals surface area (Å²) in [7, 11) is 1.59. The van der Waals surface area contributed by atoms with Crippen LogP contribution in [0.3, 0.4) is 0 Å². The van der Waals surface area contributed by atoms with Crippen LogP contribution in [0.1, 0.15) is 5.56 Å². The Bertz CT molecular complexity index is 522. The molecule has 1 aromatic heterocycles. The molecule has 1 aromatic carbocycles. The molecule has 0 fully saturated rings. The summed E-state index contributed by atoms with van der Waals surface area (Å²) in [4.78, 5) is 3.97. The van der Waals surface area contributed by atoms with Gasteiger partial charge in [0.25, 0.3) is 0 Å². The van der Waals surface area contributed by atoms with Crippen molar-refractivity contribution in [3.05, 3.63) is 35.1 Å². The molecule has 0 amide bonds. The Labute approximate surface area is 98.6 Å². The van der Waals surface area contributed by atoms with E-state index in [9.17, 15) is 0 Å². The highest BCUT2D eigenvalue weighted by molar-refractivity contribution is 6.31. The molecule has 0 atom stereocenters. The molecule has 0 aliphatic carbocycles. The van der Waals surface area contributed by atoms with Gasteiger partial charge in [0.15, 0.2) is 0 Å². The molecular weight excluding hydrogens is 226 g/mol. The second kappa shape index (κ2) is 4.06. The van der Waals surface area contributed by atoms with Crippen LogP contribution in [-0.4, -0.2) is 16.7 Å². The molecule has 0 radical (unpaired) electrons. The van der Waals surface area contributed by atoms with Crippen LogP contribution >= 0.6 is 11.6 Å². The van der Waals surface area contributed by atoms with E-state index in [1.54, 1.807) is 30.1 Å². The number of rotatable bonds is 2. The lowest BCUT2D eigenvalue weighted by atomic mass is 10.2. The number of nitrogens with two attached hydrogens (primary N) is 1. The number of benzene rings is 1. The van der Waals surface area contributed by atoms with Gasteiger partial charge in [-0.05, 0) is 18.6 Å². The summed E-state index contributed by atoms with van der Waals surface area (Å²) in [6.07, 6.45) is 3.42. The van der Waals surface area contributed by atoms with Gasteiger partial charge >= 0.3 is 0 Å². The maximum atomic E-state index is 6.03. The van der Waals surface area contributed by atoms with Gasteiger partial charge in [-0.25, -0.2) is 4.98 Å². The van der Waals surface area contributed by atoms with Crippen LogP contribution in [0.25, 0.3) is 5.69 Å². The molecule has 0 unspecified atom stereocenters. The van der Waals surface area contributed by atoms with Gasteiger partial charge in [-0.3, -0.25) is 4.57 Å². The quantitative estimate of drug-likeness (QED) is 0.873. The highest BCUT2D eigenvalue weighted by Gasteiger charge is 2.10. The maximum absolute atomic E-state index is 6.03. The van der Waals surface area contributed by atoms with Gasteiger partial charge in [0.2, 0.25) is 5.95 Å². The number of aryl methyl sites for hydroxylation is 1. The largest absolute Gasteiger partial charge is 0.495 e. The first-order valence-electron chi connectivity index (χ1n) is 4.77. The van der Waals surface area contributed by atoms with Gasteiger partial charge in [0.05, 0.1) is 12.8 Å². The number of nitrogen functional groups attached to an aromatic ring is 1. The Morgan fingerprint density at radius 1 is 1.44 bits per heavy atom. The van der Waals surface area contributed by atoms with Crippen LogP contribution < -0.4 is 10.5 Å². The molecule has 0 saturated carbocycles. The Morgan fingerprint density at radius 2 is 2.19 bits per heavy atom. The number of halogens is 1. The smallest absolute Gasteiger partial charge is 0.204 e. The van der Waals surface area contributed by atoms with E-state index in [1.165, 1.54) is 0 Å². The predicted octanol–water partition coefficient (Wildman–Crippen LogP) is 2.42. The molecule has 84 valence electrons. The van der Waals surface area contributed by atoms with E-state index < -0.39 is 0 Å². The topological polar surface area (TPSA) is 53.1 Å². The van der Waals surface area contributed by atoms with Gasteiger partial charge in [-0.1, -0.05) is 11.6 Å². The van der Waals surface area contributed by atoms with Crippen LogP contribution in [0.5, 0.6) is 5.75 Å². The van der Waals surface area contributed by atoms with Crippen molar-refractivity contribution in [2.75, 3.05) is 12.8 Å². The summed E-state index contributed by atoms with van der Waals surface area (Å²) in [5, 5.41) is 0.666. The first kappa shape index (κ1) is 10.8. The number of aromatic nitrogens is 2. The summed E-state index contributed by atoms with van der Waals surface area (Å²) < 4.78 is 7.02. The van der Waals surface area contributed by atoms with Crippen molar-refractivity contribution in [1.29, 1.82) is 0 Å². The minimum absolute atomic E-state index is 0.417. The minimum Gasteiger partial charge on any atom is -0.495 e. The normalized spacial score (nSPS) is 10.4. The summed E-state index contributed by atoms with van der Waals surface area (Å²) >= 11 is 6.03. The van der Waals surface area contributed by atoms with E-state index in [0.29, 0.717) is 16.7 Å². The van der Waals surface area contributed by atoms with Crippen molar-refractivity contribution < 1.29 is 4.74 Å². The number of anilines is 1. The molecule has 4 nitrogen and oxygen atoms in total. The third-order valence-corrected chi connectivity index (χ3v) is 2.80. The number of imidazole rings is 1. The molecular formula is C11H12ClN3O. The van der Waals surface area contributed by atoms with Gasteiger partial charge < -0.3 is 10.5 Å². The van der Waals surface area contributed by atoms with Gasteiger partial charge in [0.1, 0.15) is 5.75 Å². The lowest BCUT2D eigenvalue weighted by Gasteiger charge is -2.12. The van der Waals surface area contributed by atoms with E-state index >= 15 is 0 Å². The fourth-order valence-corrected chi connectivity index (χ4v) is 1.67. The standard InChI is InChI=1S/C11H12ClN3O/c1-7-5-9(10(16-2)6-8(7)12)15-4-3-14-11(15)13/h3-6H,1-2H3,(H2,13,14). The van der Waals surface area contributed by atoms with Gasteiger partial charge in [0, 0.05) is 23.5 Å². The third kappa shape index (κ3) is 1.72. The first-order valence-corrected chi connectivity index (χ1v) is 5.14. The number of hydrogen-bond donors (Lipinski definition) is 1. The SMILES string of the molecule is COc1cc(Cl)c(C)cc1-n1ccnc1N. The third-order valence-electron chi connectivity index (χ3n) is 2.39. The fraction of sp³-hybridized carbons (Fsp3) is 0.182. The van der Waals surface area contributed by atoms with E-state index in [2.05, 4.69) is 4.98 Å². The van der Waals surface area contributed by atoms with Crippen molar-refractivity contribution in [1.82, 2.24) is 9.55 Å². The van der Waals surface area contributed by atoms with Crippen LogP contribution in [0.15, 0.2) is 24.5 Å². The number of methoxy groups -OCH3 is 1. The Hall–Kier alpha value is -1.68. The summed E-state index contributed by atoms with van der Waals surface area (Å²) in [6.45, 7) is 1.93. The van der Waals surface area contributed by atoms with Crippen LogP contribution in [0, 0.1) is 6.92 Å². The molecule has 2 N–H and O–H groups in total. The molecule has 1 heterocycles. The second-order valence-corrected chi connectivity index (χ2v) is 3.84. The van der Waals surface area contributed by atoms with Crippen molar-refractivity contribution >= 4 is 17.5 Å². The van der Waals surface area contributed by atoms with E-state index in [1.807, 2.05) is 13.0 Å². The molecule has 0 bridgehead atoms.